The van der Waals surface area contributed by atoms with E-state index in [0.717, 1.165) is 29.4 Å². The topological polar surface area (TPSA) is 62.3 Å². The zero-order valence-electron chi connectivity index (χ0n) is 11.9. The molecule has 0 aliphatic carbocycles. The number of anilines is 1. The van der Waals surface area contributed by atoms with Crippen LogP contribution in [0.25, 0.3) is 10.9 Å². The highest BCUT2D eigenvalue weighted by Crippen LogP contribution is 2.21. The van der Waals surface area contributed by atoms with Gasteiger partial charge in [0.2, 0.25) is 11.8 Å². The van der Waals surface area contributed by atoms with E-state index in [0.29, 0.717) is 6.54 Å². The molecule has 2 heterocycles. The summed E-state index contributed by atoms with van der Waals surface area (Å²) in [7, 11) is 0. The van der Waals surface area contributed by atoms with Gasteiger partial charge in [0.1, 0.15) is 6.04 Å². The van der Waals surface area contributed by atoms with Crippen LogP contribution in [0.2, 0.25) is 0 Å². The summed E-state index contributed by atoms with van der Waals surface area (Å²) in [4.78, 5) is 29.8. The predicted molar refractivity (Wildman–Crippen MR) is 80.8 cm³/mol. The second kappa shape index (κ2) is 5.52. The lowest BCUT2D eigenvalue weighted by atomic mass is 10.1. The number of rotatable bonds is 2. The van der Waals surface area contributed by atoms with Gasteiger partial charge in [-0.25, -0.2) is 0 Å². The Labute approximate surface area is 123 Å². The number of hydrogen-bond donors (Lipinski definition) is 1. The molecule has 1 aliphatic rings. The summed E-state index contributed by atoms with van der Waals surface area (Å²) in [6.45, 7) is 2.17. The molecule has 1 unspecified atom stereocenters. The first-order chi connectivity index (χ1) is 10.1. The number of amides is 2. The minimum Gasteiger partial charge on any atom is -0.331 e. The summed E-state index contributed by atoms with van der Waals surface area (Å²) in [6.07, 6.45) is 3.34. The van der Waals surface area contributed by atoms with Crippen molar-refractivity contribution in [3.05, 3.63) is 36.5 Å². The molecule has 2 amide bonds. The van der Waals surface area contributed by atoms with Gasteiger partial charge in [-0.2, -0.15) is 0 Å². The Hall–Kier alpha value is -2.43. The van der Waals surface area contributed by atoms with Crippen molar-refractivity contribution < 1.29 is 9.59 Å². The molecular formula is C16H17N3O2. The Balaban J connectivity index is 1.78. The number of benzene rings is 1. The molecule has 21 heavy (non-hydrogen) atoms. The van der Waals surface area contributed by atoms with Crippen molar-refractivity contribution in [2.75, 3.05) is 11.9 Å². The van der Waals surface area contributed by atoms with Gasteiger partial charge in [0.25, 0.3) is 0 Å². The summed E-state index contributed by atoms with van der Waals surface area (Å²) in [6, 6.07) is 9.07. The molecule has 108 valence electrons. The van der Waals surface area contributed by atoms with E-state index in [1.54, 1.807) is 11.1 Å². The van der Waals surface area contributed by atoms with Gasteiger partial charge >= 0.3 is 0 Å². The summed E-state index contributed by atoms with van der Waals surface area (Å²) < 4.78 is 0. The third kappa shape index (κ3) is 2.72. The quantitative estimate of drug-likeness (QED) is 0.919. The summed E-state index contributed by atoms with van der Waals surface area (Å²) >= 11 is 0. The highest BCUT2D eigenvalue weighted by atomic mass is 16.2. The van der Waals surface area contributed by atoms with E-state index in [4.69, 9.17) is 0 Å². The molecule has 1 N–H and O–H groups in total. The van der Waals surface area contributed by atoms with E-state index in [1.807, 2.05) is 30.3 Å². The molecular weight excluding hydrogens is 266 g/mol. The third-order valence-corrected chi connectivity index (χ3v) is 3.83. The van der Waals surface area contributed by atoms with Crippen molar-refractivity contribution >= 4 is 28.4 Å². The molecule has 1 aromatic heterocycles. The monoisotopic (exact) mass is 283 g/mol. The molecule has 3 rings (SSSR count). The van der Waals surface area contributed by atoms with Crippen molar-refractivity contribution in [3.8, 4) is 0 Å². The van der Waals surface area contributed by atoms with Gasteiger partial charge in [-0.1, -0.05) is 6.07 Å². The number of carbonyl (C=O) groups excluding carboxylic acids is 2. The van der Waals surface area contributed by atoms with Crippen LogP contribution in [-0.2, 0) is 9.59 Å². The molecule has 5 heteroatoms. The molecule has 1 atom stereocenters. The molecule has 1 aliphatic heterocycles. The SMILES string of the molecule is CC(=O)N1CCCC1C(=O)Nc1ccc2ncccc2c1. The fourth-order valence-electron chi connectivity index (χ4n) is 2.80. The second-order valence-electron chi connectivity index (χ2n) is 5.27. The molecule has 0 radical (unpaired) electrons. The molecule has 0 saturated carbocycles. The van der Waals surface area contributed by atoms with Gasteiger partial charge in [-0.3, -0.25) is 14.6 Å². The Kier molecular flexibility index (Phi) is 3.56. The van der Waals surface area contributed by atoms with Crippen molar-refractivity contribution in [2.45, 2.75) is 25.8 Å². The Morgan fingerprint density at radius 2 is 2.19 bits per heavy atom. The molecule has 1 fully saturated rings. The van der Waals surface area contributed by atoms with Crippen LogP contribution in [0.15, 0.2) is 36.5 Å². The lowest BCUT2D eigenvalue weighted by molar-refractivity contribution is -0.134. The standard InChI is InChI=1S/C16H17N3O2/c1-11(20)19-9-3-5-15(19)16(21)18-13-6-7-14-12(10-13)4-2-8-17-14/h2,4,6-8,10,15H,3,5,9H2,1H3,(H,18,21). The summed E-state index contributed by atoms with van der Waals surface area (Å²) in [5, 5.41) is 3.88. The molecule has 1 saturated heterocycles. The Bertz CT molecular complexity index is 699. The highest BCUT2D eigenvalue weighted by molar-refractivity contribution is 5.98. The fourth-order valence-corrected chi connectivity index (χ4v) is 2.80. The third-order valence-electron chi connectivity index (χ3n) is 3.83. The van der Waals surface area contributed by atoms with E-state index < -0.39 is 0 Å². The molecule has 1 aromatic carbocycles. The molecule has 0 bridgehead atoms. The second-order valence-corrected chi connectivity index (χ2v) is 5.27. The smallest absolute Gasteiger partial charge is 0.247 e. The van der Waals surface area contributed by atoms with Crippen LogP contribution < -0.4 is 5.32 Å². The zero-order valence-corrected chi connectivity index (χ0v) is 11.9. The van der Waals surface area contributed by atoms with Crippen LogP contribution in [0.3, 0.4) is 0 Å². The number of fused-ring (bicyclic) bond motifs is 1. The maximum Gasteiger partial charge on any atom is 0.247 e. The average molecular weight is 283 g/mol. The number of hydrogen-bond acceptors (Lipinski definition) is 3. The maximum absolute atomic E-state index is 12.3. The van der Waals surface area contributed by atoms with Gasteiger partial charge in [-0.15, -0.1) is 0 Å². The minimum atomic E-state index is -0.355. The van der Waals surface area contributed by atoms with Crippen LogP contribution in [0.5, 0.6) is 0 Å². The number of nitrogens with zero attached hydrogens (tertiary/aromatic N) is 2. The first-order valence-electron chi connectivity index (χ1n) is 7.08. The lowest BCUT2D eigenvalue weighted by Gasteiger charge is -2.22. The van der Waals surface area contributed by atoms with E-state index in [-0.39, 0.29) is 17.9 Å². The molecule has 2 aromatic rings. The zero-order chi connectivity index (χ0) is 14.8. The van der Waals surface area contributed by atoms with Gasteiger partial charge < -0.3 is 10.2 Å². The van der Waals surface area contributed by atoms with Crippen LogP contribution in [-0.4, -0.2) is 34.3 Å². The van der Waals surface area contributed by atoms with E-state index in [9.17, 15) is 9.59 Å². The summed E-state index contributed by atoms with van der Waals surface area (Å²) in [5.74, 6) is -0.165. The van der Waals surface area contributed by atoms with Crippen LogP contribution in [0, 0.1) is 0 Å². The number of carbonyl (C=O) groups is 2. The first kappa shape index (κ1) is 13.5. The first-order valence-corrected chi connectivity index (χ1v) is 7.08. The van der Waals surface area contributed by atoms with E-state index in [2.05, 4.69) is 10.3 Å². The van der Waals surface area contributed by atoms with Crippen LogP contribution in [0.1, 0.15) is 19.8 Å². The van der Waals surface area contributed by atoms with Crippen molar-refractivity contribution in [3.63, 3.8) is 0 Å². The van der Waals surface area contributed by atoms with Crippen molar-refractivity contribution in [1.29, 1.82) is 0 Å². The maximum atomic E-state index is 12.3. The van der Waals surface area contributed by atoms with Gasteiger partial charge in [0, 0.05) is 30.7 Å². The Morgan fingerprint density at radius 3 is 3.00 bits per heavy atom. The number of nitrogens with one attached hydrogen (secondary N) is 1. The Morgan fingerprint density at radius 1 is 1.33 bits per heavy atom. The predicted octanol–water partition coefficient (Wildman–Crippen LogP) is 2.18. The van der Waals surface area contributed by atoms with Crippen molar-refractivity contribution in [2.24, 2.45) is 0 Å². The van der Waals surface area contributed by atoms with Gasteiger partial charge in [0.15, 0.2) is 0 Å². The summed E-state index contributed by atoms with van der Waals surface area (Å²) in [5.41, 5.74) is 1.62. The fraction of sp³-hybridized carbons (Fsp3) is 0.312. The van der Waals surface area contributed by atoms with Crippen LogP contribution >= 0.6 is 0 Å². The number of likely N-dealkylation sites (tertiary alicyclic amines) is 1. The van der Waals surface area contributed by atoms with Gasteiger partial charge in [-0.05, 0) is 37.1 Å². The molecule has 0 spiro atoms. The van der Waals surface area contributed by atoms with Crippen molar-refractivity contribution in [1.82, 2.24) is 9.88 Å². The van der Waals surface area contributed by atoms with E-state index in [1.165, 1.54) is 6.92 Å². The normalized spacial score (nSPS) is 18.0. The molecule has 5 nitrogen and oxygen atoms in total. The van der Waals surface area contributed by atoms with Gasteiger partial charge in [0.05, 0.1) is 5.52 Å². The lowest BCUT2D eigenvalue weighted by Crippen LogP contribution is -2.42. The largest absolute Gasteiger partial charge is 0.331 e. The van der Waals surface area contributed by atoms with E-state index >= 15 is 0 Å². The average Bonchev–Trinajstić information content (AvgIpc) is 2.97. The number of pyridine rings is 1. The van der Waals surface area contributed by atoms with Crippen LogP contribution in [0.4, 0.5) is 5.69 Å². The highest BCUT2D eigenvalue weighted by Gasteiger charge is 2.32. The minimum absolute atomic E-state index is 0.0460. The number of aromatic nitrogens is 1.